The molecule has 1 aliphatic rings. The summed E-state index contributed by atoms with van der Waals surface area (Å²) in [6, 6.07) is 7.04. The van der Waals surface area contributed by atoms with E-state index < -0.39 is 0 Å². The SMILES string of the molecule is O=c1ccc2ccc(OCCCCN3CCCCC3)nc2[nH]1.[Ar]. The maximum Gasteiger partial charge on any atom is 0.249 e. The molecule has 0 unspecified atom stereocenters. The normalized spacial score (nSPS) is 15.3. The van der Waals surface area contributed by atoms with Gasteiger partial charge >= 0.3 is 0 Å². The molecule has 0 bridgehead atoms. The first kappa shape index (κ1) is 18.7. The van der Waals surface area contributed by atoms with Crippen LogP contribution in [-0.2, 0) is 0 Å². The van der Waals surface area contributed by atoms with Crippen molar-refractivity contribution < 1.29 is 42.5 Å². The summed E-state index contributed by atoms with van der Waals surface area (Å²) in [6.45, 7) is 4.34. The van der Waals surface area contributed by atoms with Crippen molar-refractivity contribution in [2.45, 2.75) is 32.1 Å². The van der Waals surface area contributed by atoms with Crippen LogP contribution in [0.1, 0.15) is 32.1 Å². The maximum absolute atomic E-state index is 11.3. The minimum atomic E-state index is -0.140. The topological polar surface area (TPSA) is 58.2 Å². The molecule has 0 spiro atoms. The Hall–Kier alpha value is -0.620. The van der Waals surface area contributed by atoms with Gasteiger partial charge in [-0.1, -0.05) is 6.42 Å². The molecule has 0 saturated carbocycles. The zero-order valence-electron chi connectivity index (χ0n) is 13.2. The van der Waals surface area contributed by atoms with Crippen molar-refractivity contribution in [1.82, 2.24) is 14.9 Å². The molecule has 2 aromatic rings. The summed E-state index contributed by atoms with van der Waals surface area (Å²) >= 11 is 0. The van der Waals surface area contributed by atoms with E-state index in [0.717, 1.165) is 18.2 Å². The molecule has 1 aliphatic heterocycles. The minimum absolute atomic E-state index is 0. The van der Waals surface area contributed by atoms with E-state index in [1.54, 1.807) is 6.07 Å². The molecule has 3 rings (SSSR count). The number of H-pyrrole nitrogens is 1. The average Bonchev–Trinajstić information content (AvgIpc) is 2.55. The number of pyridine rings is 2. The maximum atomic E-state index is 11.3. The van der Waals surface area contributed by atoms with Crippen LogP contribution in [0.25, 0.3) is 11.0 Å². The van der Waals surface area contributed by atoms with Crippen LogP contribution in [0.15, 0.2) is 29.1 Å². The quantitative estimate of drug-likeness (QED) is 0.821. The Labute approximate surface area is 166 Å². The number of hydrogen-bond acceptors (Lipinski definition) is 4. The van der Waals surface area contributed by atoms with Gasteiger partial charge in [0.15, 0.2) is 0 Å². The van der Waals surface area contributed by atoms with Crippen molar-refractivity contribution >= 4 is 11.0 Å². The van der Waals surface area contributed by atoms with E-state index >= 15 is 0 Å². The van der Waals surface area contributed by atoms with Gasteiger partial charge in [0, 0.05) is 55.3 Å². The van der Waals surface area contributed by atoms with Crippen molar-refractivity contribution in [3.8, 4) is 5.88 Å². The summed E-state index contributed by atoms with van der Waals surface area (Å²) in [5, 5.41) is 0.914. The van der Waals surface area contributed by atoms with Crippen molar-refractivity contribution in [2.75, 3.05) is 26.2 Å². The molecule has 0 amide bonds. The van der Waals surface area contributed by atoms with E-state index in [0.29, 0.717) is 18.1 Å². The summed E-state index contributed by atoms with van der Waals surface area (Å²) in [6.07, 6.45) is 6.26. The number of piperidine rings is 1. The van der Waals surface area contributed by atoms with Gasteiger partial charge in [-0.3, -0.25) is 4.79 Å². The second kappa shape index (κ2) is 9.62. The van der Waals surface area contributed by atoms with Gasteiger partial charge in [0.05, 0.1) is 6.61 Å². The van der Waals surface area contributed by atoms with Gasteiger partial charge in [-0.2, -0.15) is 4.98 Å². The molecular formula is C17H23ArN3O2. The third-order valence-electron chi connectivity index (χ3n) is 4.12. The van der Waals surface area contributed by atoms with E-state index in [-0.39, 0.29) is 43.3 Å². The molecule has 0 radical (unpaired) electrons. The fraction of sp³-hybridized carbons (Fsp3) is 0.529. The number of fused-ring (bicyclic) bond motifs is 1. The van der Waals surface area contributed by atoms with Crippen LogP contribution in [0.5, 0.6) is 5.88 Å². The third kappa shape index (κ3) is 5.75. The van der Waals surface area contributed by atoms with Crippen LogP contribution in [0.2, 0.25) is 0 Å². The van der Waals surface area contributed by atoms with Crippen molar-refractivity contribution in [3.05, 3.63) is 34.6 Å². The Bertz CT molecular complexity index is 668. The molecule has 5 nitrogen and oxygen atoms in total. The first-order valence-electron chi connectivity index (χ1n) is 8.16. The number of nitrogens with one attached hydrogen (secondary N) is 1. The van der Waals surface area contributed by atoms with Gasteiger partial charge in [0.2, 0.25) is 11.4 Å². The number of ether oxygens (including phenoxy) is 1. The molecule has 23 heavy (non-hydrogen) atoms. The second-order valence-electron chi connectivity index (χ2n) is 5.87. The van der Waals surface area contributed by atoms with Crippen LogP contribution in [0, 0.1) is 37.7 Å². The molecule has 0 aromatic carbocycles. The van der Waals surface area contributed by atoms with Crippen LogP contribution in [0.3, 0.4) is 0 Å². The van der Waals surface area contributed by atoms with Crippen LogP contribution >= 0.6 is 0 Å². The summed E-state index contributed by atoms with van der Waals surface area (Å²) in [4.78, 5) is 20.9. The Kier molecular flexibility index (Phi) is 7.83. The standard InChI is InChI=1S/C17H23N3O2.Ar/c21-15-8-6-14-7-9-16(19-17(14)18-15)22-13-5-4-12-20-10-2-1-3-11-20;/h6-9H,1-5,10-13H2,(H,18,19,21);. The molecular weight excluding hydrogens is 318 g/mol. The summed E-state index contributed by atoms with van der Waals surface area (Å²) in [7, 11) is 0. The van der Waals surface area contributed by atoms with Crippen molar-refractivity contribution in [2.24, 2.45) is 0 Å². The zero-order chi connectivity index (χ0) is 15.2. The second-order valence-corrected chi connectivity index (χ2v) is 5.87. The number of unbranched alkanes of at least 4 members (excludes halogenated alkanes) is 1. The number of rotatable bonds is 6. The van der Waals surface area contributed by atoms with Gasteiger partial charge in [0.1, 0.15) is 5.65 Å². The van der Waals surface area contributed by atoms with Gasteiger partial charge < -0.3 is 14.6 Å². The fourth-order valence-corrected chi connectivity index (χ4v) is 2.89. The van der Waals surface area contributed by atoms with E-state index in [9.17, 15) is 4.79 Å². The number of aromatic nitrogens is 2. The summed E-state index contributed by atoms with van der Waals surface area (Å²) in [5.41, 5.74) is 0.442. The Morgan fingerprint density at radius 1 is 1.09 bits per heavy atom. The Balaban J connectivity index is 0.00000192. The largest absolute Gasteiger partial charge is 0.478 e. The Morgan fingerprint density at radius 3 is 2.70 bits per heavy atom. The molecule has 0 aliphatic carbocycles. The summed E-state index contributed by atoms with van der Waals surface area (Å²) < 4.78 is 5.69. The average molecular weight is 341 g/mol. The number of aromatic amines is 1. The molecule has 1 saturated heterocycles. The Morgan fingerprint density at radius 2 is 1.87 bits per heavy atom. The van der Waals surface area contributed by atoms with Crippen LogP contribution < -0.4 is 10.3 Å². The van der Waals surface area contributed by atoms with Gasteiger partial charge in [-0.05, 0) is 57.5 Å². The van der Waals surface area contributed by atoms with Gasteiger partial charge in [-0.25, -0.2) is 0 Å². The molecule has 1 fully saturated rings. The van der Waals surface area contributed by atoms with E-state index in [4.69, 9.17) is 4.74 Å². The predicted molar refractivity (Wildman–Crippen MR) is 87.4 cm³/mol. The molecule has 3 heterocycles. The molecule has 2 aromatic heterocycles. The zero-order valence-corrected chi connectivity index (χ0v) is 13.9. The van der Waals surface area contributed by atoms with E-state index in [1.807, 2.05) is 12.1 Å². The number of nitrogens with zero attached hydrogens (tertiary/aromatic N) is 2. The molecule has 1 N–H and O–H groups in total. The minimum Gasteiger partial charge on any atom is -0.478 e. The van der Waals surface area contributed by atoms with Crippen molar-refractivity contribution in [1.29, 1.82) is 0 Å². The molecule has 0 atom stereocenters. The van der Waals surface area contributed by atoms with Gasteiger partial charge in [-0.15, -0.1) is 0 Å². The molecule has 6 heteroatoms. The summed E-state index contributed by atoms with van der Waals surface area (Å²) in [5.74, 6) is 0.576. The molecule has 126 valence electrons. The fourth-order valence-electron chi connectivity index (χ4n) is 2.89. The van der Waals surface area contributed by atoms with Crippen molar-refractivity contribution in [3.63, 3.8) is 0 Å². The monoisotopic (exact) mass is 341 g/mol. The van der Waals surface area contributed by atoms with Gasteiger partial charge in [0.25, 0.3) is 0 Å². The predicted octanol–water partition coefficient (Wildman–Crippen LogP) is 2.57. The van der Waals surface area contributed by atoms with Crippen LogP contribution in [-0.4, -0.2) is 41.1 Å². The third-order valence-corrected chi connectivity index (χ3v) is 4.12. The first-order valence-corrected chi connectivity index (χ1v) is 8.16. The van der Waals surface area contributed by atoms with E-state index in [1.165, 1.54) is 45.0 Å². The van der Waals surface area contributed by atoms with Crippen LogP contribution in [0.4, 0.5) is 0 Å². The number of hydrogen-bond donors (Lipinski definition) is 1. The smallest absolute Gasteiger partial charge is 0.249 e. The van der Waals surface area contributed by atoms with E-state index in [2.05, 4.69) is 14.9 Å². The first-order chi connectivity index (χ1) is 10.8. The number of likely N-dealkylation sites (tertiary alicyclic amines) is 1.